The maximum absolute atomic E-state index is 12.3. The zero-order valence-electron chi connectivity index (χ0n) is 14.8. The van der Waals surface area contributed by atoms with Crippen molar-refractivity contribution in [1.82, 2.24) is 5.32 Å². The van der Waals surface area contributed by atoms with Crippen molar-refractivity contribution in [2.24, 2.45) is 0 Å². The topological polar surface area (TPSA) is 67.4 Å². The minimum atomic E-state index is -0.162. The third-order valence-electron chi connectivity index (χ3n) is 3.70. The molecule has 0 aliphatic heterocycles. The minimum Gasteiger partial charge on any atom is -0.484 e. The predicted molar refractivity (Wildman–Crippen MR) is 99.1 cm³/mol. The highest BCUT2D eigenvalue weighted by molar-refractivity contribution is 6.04. The van der Waals surface area contributed by atoms with Gasteiger partial charge in [-0.05, 0) is 54.8 Å². The number of carbonyl (C=O) groups excluding carboxylic acids is 2. The molecule has 2 aromatic carbocycles. The molecule has 0 bridgehead atoms. The Morgan fingerprint density at radius 3 is 2.20 bits per heavy atom. The van der Waals surface area contributed by atoms with E-state index in [4.69, 9.17) is 4.74 Å². The molecule has 0 saturated heterocycles. The molecule has 0 radical (unpaired) electrons. The summed E-state index contributed by atoms with van der Waals surface area (Å²) in [6.45, 7) is 6.63. The largest absolute Gasteiger partial charge is 0.484 e. The Bertz CT molecular complexity index is 707. The number of nitrogens with one attached hydrogen (secondary N) is 2. The fourth-order valence-corrected chi connectivity index (χ4v) is 2.25. The summed E-state index contributed by atoms with van der Waals surface area (Å²) in [5.74, 6) is 0.686. The first-order valence-corrected chi connectivity index (χ1v) is 8.40. The number of likely N-dealkylation sites (N-methyl/N-ethyl adjacent to an activating group) is 1. The first-order valence-electron chi connectivity index (χ1n) is 8.40. The molecule has 0 spiro atoms. The summed E-state index contributed by atoms with van der Waals surface area (Å²) in [5, 5.41) is 5.51. The van der Waals surface area contributed by atoms with E-state index in [1.54, 1.807) is 24.3 Å². The van der Waals surface area contributed by atoms with Crippen LogP contribution in [0.25, 0.3) is 0 Å². The Morgan fingerprint density at radius 1 is 1.00 bits per heavy atom. The van der Waals surface area contributed by atoms with Crippen molar-refractivity contribution >= 4 is 17.5 Å². The van der Waals surface area contributed by atoms with E-state index in [0.29, 0.717) is 29.5 Å². The second-order valence-electron chi connectivity index (χ2n) is 6.00. The number of benzene rings is 2. The molecule has 2 N–H and O–H groups in total. The number of rotatable bonds is 7. The maximum Gasteiger partial charge on any atom is 0.257 e. The summed E-state index contributed by atoms with van der Waals surface area (Å²) in [4.78, 5) is 23.6. The van der Waals surface area contributed by atoms with Crippen molar-refractivity contribution in [2.45, 2.75) is 26.7 Å². The Balaban J connectivity index is 1.91. The standard InChI is InChI=1S/C20H24N2O3/c1-4-21-19(23)13-25-18-11-9-17(10-12-18)22-20(24)16-7-5-15(6-8-16)14(2)3/h5-12,14H,4,13H2,1-3H3,(H,21,23)(H,22,24). The Morgan fingerprint density at radius 2 is 1.64 bits per heavy atom. The van der Waals surface area contributed by atoms with E-state index >= 15 is 0 Å². The Kier molecular flexibility index (Phi) is 6.57. The fourth-order valence-electron chi connectivity index (χ4n) is 2.25. The van der Waals surface area contributed by atoms with Gasteiger partial charge in [-0.3, -0.25) is 9.59 Å². The highest BCUT2D eigenvalue weighted by Crippen LogP contribution is 2.18. The fraction of sp³-hybridized carbons (Fsp3) is 0.300. The van der Waals surface area contributed by atoms with Crippen LogP contribution >= 0.6 is 0 Å². The molecule has 5 heteroatoms. The van der Waals surface area contributed by atoms with Gasteiger partial charge in [0.1, 0.15) is 5.75 Å². The first-order chi connectivity index (χ1) is 12.0. The quantitative estimate of drug-likeness (QED) is 0.809. The van der Waals surface area contributed by atoms with Crippen LogP contribution in [0.1, 0.15) is 42.6 Å². The van der Waals surface area contributed by atoms with Gasteiger partial charge in [0.2, 0.25) is 0 Å². The maximum atomic E-state index is 12.3. The molecule has 5 nitrogen and oxygen atoms in total. The van der Waals surface area contributed by atoms with Gasteiger partial charge in [-0.15, -0.1) is 0 Å². The average Bonchev–Trinajstić information content (AvgIpc) is 2.61. The second kappa shape index (κ2) is 8.87. The van der Waals surface area contributed by atoms with Gasteiger partial charge < -0.3 is 15.4 Å². The number of carbonyl (C=O) groups is 2. The third kappa shape index (κ3) is 5.64. The number of ether oxygens (including phenoxy) is 1. The lowest BCUT2D eigenvalue weighted by Gasteiger charge is -2.09. The van der Waals surface area contributed by atoms with Crippen LogP contribution in [-0.4, -0.2) is 25.0 Å². The van der Waals surface area contributed by atoms with Crippen molar-refractivity contribution in [1.29, 1.82) is 0 Å². The molecule has 0 fully saturated rings. The van der Waals surface area contributed by atoms with Crippen molar-refractivity contribution in [3.05, 3.63) is 59.7 Å². The predicted octanol–water partition coefficient (Wildman–Crippen LogP) is 3.58. The summed E-state index contributed by atoms with van der Waals surface area (Å²) < 4.78 is 5.38. The van der Waals surface area contributed by atoms with Gasteiger partial charge in [0.25, 0.3) is 11.8 Å². The monoisotopic (exact) mass is 340 g/mol. The van der Waals surface area contributed by atoms with Crippen LogP contribution in [0.2, 0.25) is 0 Å². The van der Waals surface area contributed by atoms with Gasteiger partial charge in [0.15, 0.2) is 6.61 Å². The lowest BCUT2D eigenvalue weighted by molar-refractivity contribution is -0.122. The Labute approximate surface area is 148 Å². The number of hydrogen-bond acceptors (Lipinski definition) is 3. The molecule has 0 heterocycles. The Hall–Kier alpha value is -2.82. The zero-order chi connectivity index (χ0) is 18.2. The van der Waals surface area contributed by atoms with E-state index in [1.165, 1.54) is 5.56 Å². The van der Waals surface area contributed by atoms with E-state index < -0.39 is 0 Å². The lowest BCUT2D eigenvalue weighted by Crippen LogP contribution is -2.28. The van der Waals surface area contributed by atoms with E-state index in [1.807, 2.05) is 31.2 Å². The molecular formula is C20H24N2O3. The zero-order valence-corrected chi connectivity index (χ0v) is 14.8. The minimum absolute atomic E-state index is 0.0260. The summed E-state index contributed by atoms with van der Waals surface area (Å²) in [6.07, 6.45) is 0. The van der Waals surface area contributed by atoms with E-state index in [-0.39, 0.29) is 18.4 Å². The van der Waals surface area contributed by atoms with Gasteiger partial charge in [-0.25, -0.2) is 0 Å². The lowest BCUT2D eigenvalue weighted by atomic mass is 10.0. The molecule has 0 aliphatic carbocycles. The molecule has 2 rings (SSSR count). The van der Waals surface area contributed by atoms with Gasteiger partial charge in [-0.1, -0.05) is 26.0 Å². The molecule has 132 valence electrons. The van der Waals surface area contributed by atoms with Crippen molar-refractivity contribution in [3.8, 4) is 5.75 Å². The van der Waals surface area contributed by atoms with Gasteiger partial charge in [-0.2, -0.15) is 0 Å². The van der Waals surface area contributed by atoms with Gasteiger partial charge in [0, 0.05) is 17.8 Å². The van der Waals surface area contributed by atoms with Crippen molar-refractivity contribution < 1.29 is 14.3 Å². The van der Waals surface area contributed by atoms with Crippen molar-refractivity contribution in [3.63, 3.8) is 0 Å². The van der Waals surface area contributed by atoms with Crippen LogP contribution in [0.15, 0.2) is 48.5 Å². The van der Waals surface area contributed by atoms with Gasteiger partial charge >= 0.3 is 0 Å². The number of anilines is 1. The second-order valence-corrected chi connectivity index (χ2v) is 6.00. The molecular weight excluding hydrogens is 316 g/mol. The SMILES string of the molecule is CCNC(=O)COc1ccc(NC(=O)c2ccc(C(C)C)cc2)cc1. The molecule has 25 heavy (non-hydrogen) atoms. The van der Waals surface area contributed by atoms with Crippen LogP contribution in [-0.2, 0) is 4.79 Å². The van der Waals surface area contributed by atoms with E-state index in [2.05, 4.69) is 24.5 Å². The third-order valence-corrected chi connectivity index (χ3v) is 3.70. The van der Waals surface area contributed by atoms with Crippen LogP contribution in [0.3, 0.4) is 0 Å². The smallest absolute Gasteiger partial charge is 0.257 e. The van der Waals surface area contributed by atoms with Crippen LogP contribution < -0.4 is 15.4 Å². The highest BCUT2D eigenvalue weighted by Gasteiger charge is 2.07. The normalized spacial score (nSPS) is 10.4. The summed E-state index contributed by atoms with van der Waals surface area (Å²) >= 11 is 0. The van der Waals surface area contributed by atoms with Crippen LogP contribution in [0.5, 0.6) is 5.75 Å². The first kappa shape index (κ1) is 18.5. The van der Waals surface area contributed by atoms with Gasteiger partial charge in [0.05, 0.1) is 0 Å². The molecule has 0 atom stereocenters. The van der Waals surface area contributed by atoms with Crippen LogP contribution in [0, 0.1) is 0 Å². The molecule has 0 unspecified atom stereocenters. The van der Waals surface area contributed by atoms with Crippen LogP contribution in [0.4, 0.5) is 5.69 Å². The van der Waals surface area contributed by atoms with E-state index in [9.17, 15) is 9.59 Å². The molecule has 0 aliphatic rings. The summed E-state index contributed by atoms with van der Waals surface area (Å²) in [6, 6.07) is 14.5. The molecule has 0 aromatic heterocycles. The van der Waals surface area contributed by atoms with Crippen molar-refractivity contribution in [2.75, 3.05) is 18.5 Å². The highest BCUT2D eigenvalue weighted by atomic mass is 16.5. The molecule has 2 amide bonds. The average molecular weight is 340 g/mol. The molecule has 0 saturated carbocycles. The summed E-state index contributed by atoms with van der Waals surface area (Å²) in [7, 11) is 0. The molecule has 2 aromatic rings. The van der Waals surface area contributed by atoms with E-state index in [0.717, 1.165) is 0 Å². The number of hydrogen-bond donors (Lipinski definition) is 2. The number of amides is 2. The summed E-state index contributed by atoms with van der Waals surface area (Å²) in [5.41, 5.74) is 2.48.